The molecule has 148 valence electrons. The number of imide groups is 1. The lowest BCUT2D eigenvalue weighted by Gasteiger charge is -2.54. The van der Waals surface area contributed by atoms with Crippen molar-refractivity contribution >= 4 is 17.7 Å². The lowest BCUT2D eigenvalue weighted by Crippen LogP contribution is -2.52. The van der Waals surface area contributed by atoms with Crippen LogP contribution in [-0.2, 0) is 27.5 Å². The third-order valence-electron chi connectivity index (χ3n) is 7.07. The van der Waals surface area contributed by atoms with Gasteiger partial charge in [-0.1, -0.05) is 18.6 Å². The molecule has 1 unspecified atom stereocenters. The maximum absolute atomic E-state index is 12.8. The van der Waals surface area contributed by atoms with E-state index < -0.39 is 6.04 Å². The zero-order valence-electron chi connectivity index (χ0n) is 16.0. The predicted octanol–water partition coefficient (Wildman–Crippen LogP) is 2.54. The van der Waals surface area contributed by atoms with Crippen LogP contribution in [0.1, 0.15) is 66.4 Å². The van der Waals surface area contributed by atoms with Crippen molar-refractivity contribution in [3.8, 4) is 0 Å². The van der Waals surface area contributed by atoms with Crippen molar-refractivity contribution in [2.24, 2.45) is 11.3 Å². The van der Waals surface area contributed by atoms with Gasteiger partial charge in [0.2, 0.25) is 11.8 Å². The maximum atomic E-state index is 12.8. The first-order chi connectivity index (χ1) is 13.5. The molecule has 5 rings (SSSR count). The van der Waals surface area contributed by atoms with Gasteiger partial charge in [-0.25, -0.2) is 0 Å². The SMILES string of the molecule is O=C1CCC(N2Cc3ccc(COCC4CC5(CCC5)C4)cc3C2=O)C(=O)N1. The summed E-state index contributed by atoms with van der Waals surface area (Å²) >= 11 is 0. The molecular formula is C22H26N2O4. The molecule has 1 aromatic rings. The molecule has 1 atom stereocenters. The second-order valence-corrected chi connectivity index (χ2v) is 9.03. The highest BCUT2D eigenvalue weighted by Crippen LogP contribution is 2.58. The third kappa shape index (κ3) is 3.04. The summed E-state index contributed by atoms with van der Waals surface area (Å²) in [5.41, 5.74) is 3.26. The zero-order chi connectivity index (χ0) is 19.3. The van der Waals surface area contributed by atoms with Crippen LogP contribution >= 0.6 is 0 Å². The van der Waals surface area contributed by atoms with Crippen LogP contribution in [0.15, 0.2) is 18.2 Å². The fraction of sp³-hybridized carbons (Fsp3) is 0.591. The quantitative estimate of drug-likeness (QED) is 0.794. The van der Waals surface area contributed by atoms with E-state index in [2.05, 4.69) is 5.32 Å². The van der Waals surface area contributed by atoms with E-state index in [0.717, 1.165) is 17.7 Å². The van der Waals surface area contributed by atoms with Gasteiger partial charge in [-0.05, 0) is 60.6 Å². The molecule has 2 aliphatic carbocycles. The molecule has 0 aromatic heterocycles. The number of rotatable bonds is 5. The molecule has 1 saturated heterocycles. The summed E-state index contributed by atoms with van der Waals surface area (Å²) in [4.78, 5) is 37.9. The molecule has 2 saturated carbocycles. The van der Waals surface area contributed by atoms with Gasteiger partial charge in [-0.2, -0.15) is 0 Å². The van der Waals surface area contributed by atoms with Gasteiger partial charge in [0, 0.05) is 25.1 Å². The molecular weight excluding hydrogens is 356 g/mol. The van der Waals surface area contributed by atoms with Crippen molar-refractivity contribution in [2.45, 2.75) is 64.1 Å². The zero-order valence-corrected chi connectivity index (χ0v) is 16.0. The number of carbonyl (C=O) groups excluding carboxylic acids is 3. The summed E-state index contributed by atoms with van der Waals surface area (Å²) in [6.07, 6.45) is 7.50. The average molecular weight is 382 g/mol. The Bertz CT molecular complexity index is 837. The number of ether oxygens (including phenoxy) is 1. The second-order valence-electron chi connectivity index (χ2n) is 9.03. The van der Waals surface area contributed by atoms with E-state index in [1.54, 1.807) is 4.90 Å². The third-order valence-corrected chi connectivity index (χ3v) is 7.07. The predicted molar refractivity (Wildman–Crippen MR) is 101 cm³/mol. The van der Waals surface area contributed by atoms with Gasteiger partial charge >= 0.3 is 0 Å². The minimum Gasteiger partial charge on any atom is -0.376 e. The minimum atomic E-state index is -0.560. The molecule has 3 fully saturated rings. The minimum absolute atomic E-state index is 0.128. The Morgan fingerprint density at radius 2 is 2.00 bits per heavy atom. The van der Waals surface area contributed by atoms with Crippen molar-refractivity contribution < 1.29 is 19.1 Å². The largest absolute Gasteiger partial charge is 0.376 e. The van der Waals surface area contributed by atoms with E-state index in [-0.39, 0.29) is 24.1 Å². The summed E-state index contributed by atoms with van der Waals surface area (Å²) in [6.45, 7) is 1.74. The Hall–Kier alpha value is -2.21. The molecule has 6 heteroatoms. The summed E-state index contributed by atoms with van der Waals surface area (Å²) in [5.74, 6) is -0.0677. The van der Waals surface area contributed by atoms with Gasteiger partial charge in [-0.3, -0.25) is 19.7 Å². The average Bonchev–Trinajstić information content (AvgIpc) is 2.92. The lowest BCUT2D eigenvalue weighted by atomic mass is 9.52. The number of hydrogen-bond donors (Lipinski definition) is 1. The summed E-state index contributed by atoms with van der Waals surface area (Å²) in [5, 5.41) is 2.34. The highest BCUT2D eigenvalue weighted by atomic mass is 16.5. The molecule has 3 amide bonds. The Balaban J connectivity index is 1.18. The van der Waals surface area contributed by atoms with Crippen molar-refractivity contribution in [3.05, 3.63) is 34.9 Å². The molecule has 6 nitrogen and oxygen atoms in total. The number of nitrogens with zero attached hydrogens (tertiary/aromatic N) is 1. The molecule has 2 heterocycles. The molecule has 0 bridgehead atoms. The Labute approximate surface area is 164 Å². The molecule has 1 N–H and O–H groups in total. The van der Waals surface area contributed by atoms with Gasteiger partial charge in [0.15, 0.2) is 0 Å². The molecule has 2 aliphatic heterocycles. The van der Waals surface area contributed by atoms with Gasteiger partial charge in [0.05, 0.1) is 6.61 Å². The first kappa shape index (κ1) is 17.9. The Morgan fingerprint density at radius 1 is 1.18 bits per heavy atom. The van der Waals surface area contributed by atoms with Crippen LogP contribution in [-0.4, -0.2) is 35.3 Å². The van der Waals surface area contributed by atoms with Crippen molar-refractivity contribution in [3.63, 3.8) is 0 Å². The Kier molecular flexibility index (Phi) is 4.27. The topological polar surface area (TPSA) is 75.7 Å². The Morgan fingerprint density at radius 3 is 2.71 bits per heavy atom. The van der Waals surface area contributed by atoms with Gasteiger partial charge < -0.3 is 9.64 Å². The lowest BCUT2D eigenvalue weighted by molar-refractivity contribution is -0.136. The van der Waals surface area contributed by atoms with Crippen molar-refractivity contribution in [1.82, 2.24) is 10.2 Å². The molecule has 1 spiro atoms. The summed E-state index contributed by atoms with van der Waals surface area (Å²) < 4.78 is 5.93. The van der Waals surface area contributed by atoms with E-state index in [1.807, 2.05) is 18.2 Å². The first-order valence-electron chi connectivity index (χ1n) is 10.4. The van der Waals surface area contributed by atoms with E-state index in [4.69, 9.17) is 4.74 Å². The van der Waals surface area contributed by atoms with E-state index in [0.29, 0.717) is 36.5 Å². The number of carbonyl (C=O) groups is 3. The van der Waals surface area contributed by atoms with Crippen LogP contribution in [0, 0.1) is 11.3 Å². The summed E-state index contributed by atoms with van der Waals surface area (Å²) in [7, 11) is 0. The molecule has 0 radical (unpaired) electrons. The molecule has 28 heavy (non-hydrogen) atoms. The van der Waals surface area contributed by atoms with Crippen LogP contribution in [0.3, 0.4) is 0 Å². The number of piperidine rings is 1. The highest BCUT2D eigenvalue weighted by molar-refractivity contribution is 6.05. The summed E-state index contributed by atoms with van der Waals surface area (Å²) in [6, 6.07) is 5.31. The van der Waals surface area contributed by atoms with Crippen molar-refractivity contribution in [2.75, 3.05) is 6.61 Å². The fourth-order valence-electron chi connectivity index (χ4n) is 5.40. The number of hydrogen-bond acceptors (Lipinski definition) is 4. The van der Waals surface area contributed by atoms with Gasteiger partial charge in [0.25, 0.3) is 5.91 Å². The smallest absolute Gasteiger partial charge is 0.255 e. The number of fused-ring (bicyclic) bond motifs is 1. The van der Waals surface area contributed by atoms with Crippen LogP contribution in [0.25, 0.3) is 0 Å². The van der Waals surface area contributed by atoms with E-state index in [1.165, 1.54) is 32.1 Å². The monoisotopic (exact) mass is 382 g/mol. The van der Waals surface area contributed by atoms with Crippen LogP contribution < -0.4 is 5.32 Å². The second kappa shape index (κ2) is 6.69. The standard InChI is InChI=1S/C22H26N2O4/c25-19-5-4-18(20(26)23-19)24-11-16-3-2-14(8-17(16)21(24)27)12-28-13-15-9-22(10-15)6-1-7-22/h2-3,8,15,18H,1,4-7,9-13H2,(H,23,25,26). The van der Waals surface area contributed by atoms with Gasteiger partial charge in [0.1, 0.15) is 6.04 Å². The van der Waals surface area contributed by atoms with E-state index >= 15 is 0 Å². The van der Waals surface area contributed by atoms with Crippen molar-refractivity contribution in [1.29, 1.82) is 0 Å². The maximum Gasteiger partial charge on any atom is 0.255 e. The van der Waals surface area contributed by atoms with Crippen LogP contribution in [0.5, 0.6) is 0 Å². The normalized spacial score (nSPS) is 26.1. The highest BCUT2D eigenvalue weighted by Gasteiger charge is 2.47. The van der Waals surface area contributed by atoms with Crippen LogP contribution in [0.4, 0.5) is 0 Å². The number of nitrogens with one attached hydrogen (secondary N) is 1. The fourth-order valence-corrected chi connectivity index (χ4v) is 5.40. The molecule has 4 aliphatic rings. The number of amides is 3. The van der Waals surface area contributed by atoms with Gasteiger partial charge in [-0.15, -0.1) is 0 Å². The molecule has 1 aromatic carbocycles. The van der Waals surface area contributed by atoms with Crippen LogP contribution in [0.2, 0.25) is 0 Å². The first-order valence-corrected chi connectivity index (χ1v) is 10.4. The number of benzene rings is 1. The van der Waals surface area contributed by atoms with E-state index in [9.17, 15) is 14.4 Å².